The van der Waals surface area contributed by atoms with Crippen LogP contribution in [-0.4, -0.2) is 46.7 Å². The van der Waals surface area contributed by atoms with Gasteiger partial charge in [-0.3, -0.25) is 24.6 Å². The number of nitrogens with zero attached hydrogens (tertiary/aromatic N) is 2. The Labute approximate surface area is 192 Å². The minimum Gasteiger partial charge on any atom is -0.322 e. The number of halogens is 1. The maximum Gasteiger partial charge on any atom is 0.255 e. The Hall–Kier alpha value is -2.70. The molecule has 3 amide bonds. The molecule has 166 valence electrons. The molecule has 0 aromatic heterocycles. The van der Waals surface area contributed by atoms with Crippen LogP contribution >= 0.6 is 11.6 Å². The van der Waals surface area contributed by atoms with Crippen LogP contribution in [0.25, 0.3) is 0 Å². The van der Waals surface area contributed by atoms with Crippen molar-refractivity contribution in [1.29, 1.82) is 0 Å². The smallest absolute Gasteiger partial charge is 0.255 e. The summed E-state index contributed by atoms with van der Waals surface area (Å²) in [5.74, 6) is -0.287. The van der Waals surface area contributed by atoms with E-state index in [0.29, 0.717) is 24.4 Å². The van der Waals surface area contributed by atoms with Crippen molar-refractivity contribution in [3.05, 3.63) is 69.7 Å². The largest absolute Gasteiger partial charge is 0.322 e. The summed E-state index contributed by atoms with van der Waals surface area (Å²) < 4.78 is 0. The number of amides is 3. The van der Waals surface area contributed by atoms with Crippen LogP contribution < -0.4 is 5.32 Å². The lowest BCUT2D eigenvalue weighted by Gasteiger charge is -2.32. The topological polar surface area (TPSA) is 69.7 Å². The van der Waals surface area contributed by atoms with E-state index in [9.17, 15) is 14.4 Å². The maximum atomic E-state index is 12.9. The van der Waals surface area contributed by atoms with Gasteiger partial charge in [0.2, 0.25) is 11.8 Å². The SMILES string of the molecule is O=C1CCC(N2Cc3cc(C4CCN(Cc5ccccc5Cl)CC4)ccc3C2=O)C(=O)N1. The fraction of sp³-hybridized carbons (Fsp3) is 0.400. The van der Waals surface area contributed by atoms with Crippen molar-refractivity contribution >= 4 is 29.3 Å². The summed E-state index contributed by atoms with van der Waals surface area (Å²) in [5, 5.41) is 3.17. The van der Waals surface area contributed by atoms with Crippen LogP contribution in [0.2, 0.25) is 5.02 Å². The van der Waals surface area contributed by atoms with E-state index in [1.165, 1.54) is 5.56 Å². The predicted molar refractivity (Wildman–Crippen MR) is 121 cm³/mol. The first-order valence-electron chi connectivity index (χ1n) is 11.2. The third kappa shape index (κ3) is 4.05. The minimum atomic E-state index is -0.566. The van der Waals surface area contributed by atoms with E-state index < -0.39 is 6.04 Å². The highest BCUT2D eigenvalue weighted by atomic mass is 35.5. The molecule has 1 N–H and O–H groups in total. The molecule has 0 spiro atoms. The first-order chi connectivity index (χ1) is 15.5. The van der Waals surface area contributed by atoms with E-state index in [0.717, 1.165) is 48.6 Å². The number of benzene rings is 2. The summed E-state index contributed by atoms with van der Waals surface area (Å²) in [6.07, 6.45) is 2.79. The molecule has 3 aliphatic rings. The van der Waals surface area contributed by atoms with Crippen LogP contribution in [0.5, 0.6) is 0 Å². The molecule has 2 saturated heterocycles. The summed E-state index contributed by atoms with van der Waals surface area (Å²) in [5.41, 5.74) is 4.08. The number of hydrogen-bond donors (Lipinski definition) is 1. The van der Waals surface area contributed by atoms with Crippen LogP contribution in [0.1, 0.15) is 58.6 Å². The van der Waals surface area contributed by atoms with Crippen LogP contribution in [0, 0.1) is 0 Å². The minimum absolute atomic E-state index is 0.115. The monoisotopic (exact) mass is 451 g/mol. The van der Waals surface area contributed by atoms with Crippen molar-refractivity contribution in [2.75, 3.05) is 13.1 Å². The Bertz CT molecular complexity index is 1080. The van der Waals surface area contributed by atoms with E-state index >= 15 is 0 Å². The Balaban J connectivity index is 1.23. The molecule has 3 aliphatic heterocycles. The van der Waals surface area contributed by atoms with Gasteiger partial charge in [0.15, 0.2) is 0 Å². The number of carbonyl (C=O) groups excluding carboxylic acids is 3. The summed E-state index contributed by atoms with van der Waals surface area (Å²) >= 11 is 6.32. The average Bonchev–Trinajstić information content (AvgIpc) is 3.11. The van der Waals surface area contributed by atoms with Crippen LogP contribution in [-0.2, 0) is 22.7 Å². The van der Waals surface area contributed by atoms with Crippen LogP contribution in [0.3, 0.4) is 0 Å². The highest BCUT2D eigenvalue weighted by Gasteiger charge is 2.39. The van der Waals surface area contributed by atoms with Crippen molar-refractivity contribution < 1.29 is 14.4 Å². The zero-order valence-corrected chi connectivity index (χ0v) is 18.6. The van der Waals surface area contributed by atoms with Crippen molar-refractivity contribution in [3.8, 4) is 0 Å². The summed E-state index contributed by atoms with van der Waals surface area (Å²) in [4.78, 5) is 40.7. The molecule has 2 fully saturated rings. The first-order valence-corrected chi connectivity index (χ1v) is 11.6. The van der Waals surface area contributed by atoms with Crippen molar-refractivity contribution in [2.45, 2.75) is 50.7 Å². The normalized spacial score (nSPS) is 22.2. The van der Waals surface area contributed by atoms with E-state index in [-0.39, 0.29) is 24.1 Å². The second-order valence-electron chi connectivity index (χ2n) is 8.96. The second-order valence-corrected chi connectivity index (χ2v) is 9.37. The molecule has 5 rings (SSSR count). The third-order valence-electron chi connectivity index (χ3n) is 6.96. The van der Waals surface area contributed by atoms with Crippen molar-refractivity contribution in [3.63, 3.8) is 0 Å². The molecule has 1 unspecified atom stereocenters. The number of nitrogens with one attached hydrogen (secondary N) is 1. The number of carbonyl (C=O) groups is 3. The molecule has 3 heterocycles. The number of rotatable bonds is 4. The Morgan fingerprint density at radius 2 is 1.78 bits per heavy atom. The van der Waals surface area contributed by atoms with Gasteiger partial charge >= 0.3 is 0 Å². The van der Waals surface area contributed by atoms with Gasteiger partial charge < -0.3 is 4.90 Å². The molecule has 0 radical (unpaired) electrons. The van der Waals surface area contributed by atoms with Crippen molar-refractivity contribution in [1.82, 2.24) is 15.1 Å². The van der Waals surface area contributed by atoms with Crippen LogP contribution in [0.15, 0.2) is 42.5 Å². The fourth-order valence-electron chi connectivity index (χ4n) is 5.14. The summed E-state index contributed by atoms with van der Waals surface area (Å²) in [6, 6.07) is 13.6. The molecule has 2 aromatic carbocycles. The predicted octanol–water partition coefficient (Wildman–Crippen LogP) is 3.48. The molecule has 6 nitrogen and oxygen atoms in total. The van der Waals surface area contributed by atoms with Gasteiger partial charge in [-0.25, -0.2) is 0 Å². The van der Waals surface area contributed by atoms with E-state index in [1.807, 2.05) is 24.3 Å². The van der Waals surface area contributed by atoms with Gasteiger partial charge in [0, 0.05) is 30.1 Å². The highest BCUT2D eigenvalue weighted by Crippen LogP contribution is 2.34. The number of likely N-dealkylation sites (tertiary alicyclic amines) is 1. The Kier molecular flexibility index (Phi) is 5.74. The Morgan fingerprint density at radius 3 is 2.53 bits per heavy atom. The lowest BCUT2D eigenvalue weighted by molar-refractivity contribution is -0.136. The number of fused-ring (bicyclic) bond motifs is 1. The summed E-state index contributed by atoms with van der Waals surface area (Å²) in [6.45, 7) is 3.31. The number of piperidine rings is 2. The second kappa shape index (κ2) is 8.68. The van der Waals surface area contributed by atoms with Gasteiger partial charge in [0.05, 0.1) is 0 Å². The zero-order valence-electron chi connectivity index (χ0n) is 17.9. The molecule has 2 aromatic rings. The molecule has 0 aliphatic carbocycles. The molecule has 0 saturated carbocycles. The average molecular weight is 452 g/mol. The maximum absolute atomic E-state index is 12.9. The van der Waals surface area contributed by atoms with E-state index in [1.54, 1.807) is 4.90 Å². The highest BCUT2D eigenvalue weighted by molar-refractivity contribution is 6.31. The fourth-order valence-corrected chi connectivity index (χ4v) is 5.34. The Morgan fingerprint density at radius 1 is 1.00 bits per heavy atom. The van der Waals surface area contributed by atoms with Crippen molar-refractivity contribution in [2.24, 2.45) is 0 Å². The molecular formula is C25H26ClN3O3. The van der Waals surface area contributed by atoms with Gasteiger partial charge in [-0.2, -0.15) is 0 Å². The van der Waals surface area contributed by atoms with Gasteiger partial charge in [-0.1, -0.05) is 41.9 Å². The zero-order chi connectivity index (χ0) is 22.2. The molecule has 32 heavy (non-hydrogen) atoms. The molecule has 1 atom stereocenters. The van der Waals surface area contributed by atoms with E-state index in [4.69, 9.17) is 11.6 Å². The standard InChI is InChI=1S/C25H26ClN3O3/c26-21-4-2-1-3-18(21)14-28-11-9-16(10-12-28)17-5-6-20-19(13-17)15-29(25(20)32)22-7-8-23(30)27-24(22)31/h1-6,13,16,22H,7-12,14-15H2,(H,27,30,31). The summed E-state index contributed by atoms with van der Waals surface area (Å²) in [7, 11) is 0. The first kappa shape index (κ1) is 21.2. The lowest BCUT2D eigenvalue weighted by atomic mass is 9.87. The van der Waals surface area contributed by atoms with E-state index in [2.05, 4.69) is 28.4 Å². The lowest BCUT2D eigenvalue weighted by Crippen LogP contribution is -2.52. The molecule has 7 heteroatoms. The quantitative estimate of drug-likeness (QED) is 0.722. The number of imide groups is 1. The van der Waals surface area contributed by atoms with Gasteiger partial charge in [0.1, 0.15) is 6.04 Å². The van der Waals surface area contributed by atoms with Crippen LogP contribution in [0.4, 0.5) is 0 Å². The molecular weight excluding hydrogens is 426 g/mol. The number of hydrogen-bond acceptors (Lipinski definition) is 4. The molecule has 0 bridgehead atoms. The third-order valence-corrected chi connectivity index (χ3v) is 7.33. The van der Waals surface area contributed by atoms with Gasteiger partial charge in [0.25, 0.3) is 5.91 Å². The van der Waals surface area contributed by atoms with Gasteiger partial charge in [-0.05, 0) is 67.1 Å². The van der Waals surface area contributed by atoms with Gasteiger partial charge in [-0.15, -0.1) is 0 Å².